The molecule has 0 fully saturated rings. The van der Waals surface area contributed by atoms with Gasteiger partial charge in [-0.15, -0.1) is 0 Å². The lowest BCUT2D eigenvalue weighted by Gasteiger charge is -2.10. The Kier molecular flexibility index (Phi) is 4.15. The van der Waals surface area contributed by atoms with Crippen molar-refractivity contribution in [3.63, 3.8) is 0 Å². The van der Waals surface area contributed by atoms with Crippen molar-refractivity contribution >= 4 is 10.9 Å². The summed E-state index contributed by atoms with van der Waals surface area (Å²) in [5.41, 5.74) is 9.56. The minimum Gasteiger partial charge on any atom is -0.491 e. The van der Waals surface area contributed by atoms with Crippen LogP contribution in [-0.4, -0.2) is 17.2 Å². The zero-order valence-corrected chi connectivity index (χ0v) is 12.4. The van der Waals surface area contributed by atoms with Gasteiger partial charge < -0.3 is 15.0 Å². The molecule has 0 atom stereocenters. The van der Waals surface area contributed by atoms with Crippen molar-refractivity contribution in [3.05, 3.63) is 29.5 Å². The maximum absolute atomic E-state index is 5.78. The number of rotatable bonds is 5. The van der Waals surface area contributed by atoms with Crippen molar-refractivity contribution in [2.75, 3.05) is 6.54 Å². The lowest BCUT2D eigenvalue weighted by molar-refractivity contribution is 0.243. The molecule has 2 aromatic rings. The Balaban J connectivity index is 2.46. The molecule has 0 aliphatic heterocycles. The Hall–Kier alpha value is -1.48. The van der Waals surface area contributed by atoms with Gasteiger partial charge in [0.05, 0.1) is 6.10 Å². The number of ether oxygens (including phenoxy) is 1. The monoisotopic (exact) mass is 260 g/mol. The summed E-state index contributed by atoms with van der Waals surface area (Å²) in [4.78, 5) is 0. The summed E-state index contributed by atoms with van der Waals surface area (Å²) >= 11 is 0. The van der Waals surface area contributed by atoms with E-state index in [4.69, 9.17) is 10.5 Å². The molecule has 0 saturated heterocycles. The van der Waals surface area contributed by atoms with Crippen molar-refractivity contribution < 1.29 is 4.74 Å². The van der Waals surface area contributed by atoms with Crippen LogP contribution in [0, 0.1) is 13.8 Å². The van der Waals surface area contributed by atoms with E-state index in [-0.39, 0.29) is 6.10 Å². The standard InChI is InChI=1S/C16H24N2O/c1-11(2)19-14-6-7-16-15(10-14)12(3)13(4)18(16)9-5-8-17/h6-7,10-11H,5,8-9,17H2,1-4H3. The molecule has 19 heavy (non-hydrogen) atoms. The molecule has 0 bridgehead atoms. The highest BCUT2D eigenvalue weighted by Gasteiger charge is 2.11. The van der Waals surface area contributed by atoms with E-state index in [1.54, 1.807) is 0 Å². The summed E-state index contributed by atoms with van der Waals surface area (Å²) < 4.78 is 8.14. The van der Waals surface area contributed by atoms with Crippen LogP contribution < -0.4 is 10.5 Å². The highest BCUT2D eigenvalue weighted by Crippen LogP contribution is 2.29. The lowest BCUT2D eigenvalue weighted by Crippen LogP contribution is -2.07. The quantitative estimate of drug-likeness (QED) is 0.895. The van der Waals surface area contributed by atoms with E-state index in [1.807, 2.05) is 0 Å². The summed E-state index contributed by atoms with van der Waals surface area (Å²) in [6.07, 6.45) is 1.21. The fraction of sp³-hybridized carbons (Fsp3) is 0.500. The second kappa shape index (κ2) is 5.66. The fourth-order valence-corrected chi connectivity index (χ4v) is 2.51. The van der Waals surface area contributed by atoms with Gasteiger partial charge in [0.15, 0.2) is 0 Å². The summed E-state index contributed by atoms with van der Waals surface area (Å²) in [7, 11) is 0. The first-order valence-corrected chi connectivity index (χ1v) is 7.00. The number of aryl methyl sites for hydroxylation is 2. The van der Waals surface area contributed by atoms with E-state index in [0.29, 0.717) is 0 Å². The molecule has 3 heteroatoms. The predicted octanol–water partition coefficient (Wildman–Crippen LogP) is 3.39. The molecule has 0 spiro atoms. The van der Waals surface area contributed by atoms with Crippen LogP contribution in [0.4, 0.5) is 0 Å². The number of hydrogen-bond acceptors (Lipinski definition) is 2. The lowest BCUT2D eigenvalue weighted by atomic mass is 10.1. The Labute approximate surface area is 115 Å². The maximum atomic E-state index is 5.78. The first-order chi connectivity index (χ1) is 9.04. The topological polar surface area (TPSA) is 40.2 Å². The molecule has 2 rings (SSSR count). The van der Waals surface area contributed by atoms with Crippen molar-refractivity contribution in [2.24, 2.45) is 5.73 Å². The van der Waals surface area contributed by atoms with Gasteiger partial charge in [-0.1, -0.05) is 0 Å². The highest BCUT2D eigenvalue weighted by atomic mass is 16.5. The third-order valence-corrected chi connectivity index (χ3v) is 3.57. The molecule has 0 amide bonds. The van der Waals surface area contributed by atoms with Crippen LogP contribution in [0.3, 0.4) is 0 Å². The van der Waals surface area contributed by atoms with Crippen LogP contribution in [0.15, 0.2) is 18.2 Å². The SMILES string of the molecule is Cc1c(C)n(CCCN)c2ccc(OC(C)C)cc12. The summed E-state index contributed by atoms with van der Waals surface area (Å²) in [6, 6.07) is 6.36. The van der Waals surface area contributed by atoms with Crippen LogP contribution in [0.2, 0.25) is 0 Å². The zero-order chi connectivity index (χ0) is 14.0. The average Bonchev–Trinajstić information content (AvgIpc) is 2.60. The van der Waals surface area contributed by atoms with Gasteiger partial charge in [-0.25, -0.2) is 0 Å². The smallest absolute Gasteiger partial charge is 0.120 e. The fourth-order valence-electron chi connectivity index (χ4n) is 2.51. The number of benzene rings is 1. The minimum absolute atomic E-state index is 0.207. The minimum atomic E-state index is 0.207. The predicted molar refractivity (Wildman–Crippen MR) is 80.8 cm³/mol. The molecule has 0 aliphatic carbocycles. The van der Waals surface area contributed by atoms with Gasteiger partial charge in [0, 0.05) is 23.1 Å². The zero-order valence-electron chi connectivity index (χ0n) is 12.4. The number of hydrogen-bond donors (Lipinski definition) is 1. The van der Waals surface area contributed by atoms with Gasteiger partial charge in [0.2, 0.25) is 0 Å². The van der Waals surface area contributed by atoms with Gasteiger partial charge in [-0.2, -0.15) is 0 Å². The van der Waals surface area contributed by atoms with E-state index < -0.39 is 0 Å². The molecule has 2 N–H and O–H groups in total. The van der Waals surface area contributed by atoms with E-state index in [9.17, 15) is 0 Å². The summed E-state index contributed by atoms with van der Waals surface area (Å²) in [6.45, 7) is 10.2. The molecule has 0 saturated carbocycles. The van der Waals surface area contributed by atoms with Crippen molar-refractivity contribution in [1.82, 2.24) is 4.57 Å². The van der Waals surface area contributed by atoms with E-state index in [1.165, 1.54) is 22.2 Å². The normalized spacial score (nSPS) is 11.5. The highest BCUT2D eigenvalue weighted by molar-refractivity contribution is 5.86. The molecule has 0 aliphatic rings. The van der Waals surface area contributed by atoms with Crippen LogP contribution in [-0.2, 0) is 6.54 Å². The third-order valence-electron chi connectivity index (χ3n) is 3.57. The number of nitrogens with two attached hydrogens (primary N) is 1. The molecule has 1 aromatic carbocycles. The largest absolute Gasteiger partial charge is 0.491 e. The van der Waals surface area contributed by atoms with E-state index >= 15 is 0 Å². The molecular formula is C16H24N2O. The van der Waals surface area contributed by atoms with Gasteiger partial charge in [-0.05, 0) is 64.4 Å². The maximum Gasteiger partial charge on any atom is 0.120 e. The van der Waals surface area contributed by atoms with E-state index in [0.717, 1.165) is 25.3 Å². The first kappa shape index (κ1) is 13.9. The van der Waals surface area contributed by atoms with Gasteiger partial charge in [0.1, 0.15) is 5.75 Å². The van der Waals surface area contributed by atoms with Crippen LogP contribution in [0.1, 0.15) is 31.5 Å². The van der Waals surface area contributed by atoms with Crippen LogP contribution in [0.25, 0.3) is 10.9 Å². The average molecular weight is 260 g/mol. The van der Waals surface area contributed by atoms with Crippen LogP contribution in [0.5, 0.6) is 5.75 Å². The molecule has 1 aromatic heterocycles. The number of fused-ring (bicyclic) bond motifs is 1. The molecule has 104 valence electrons. The molecule has 0 unspecified atom stereocenters. The Morgan fingerprint density at radius 2 is 2.00 bits per heavy atom. The Bertz CT molecular complexity index is 570. The Morgan fingerprint density at radius 3 is 2.63 bits per heavy atom. The first-order valence-electron chi connectivity index (χ1n) is 7.00. The van der Waals surface area contributed by atoms with Gasteiger partial charge >= 0.3 is 0 Å². The third kappa shape index (κ3) is 2.76. The second-order valence-corrected chi connectivity index (χ2v) is 5.35. The van der Waals surface area contributed by atoms with Gasteiger partial charge in [0.25, 0.3) is 0 Å². The van der Waals surface area contributed by atoms with E-state index in [2.05, 4.69) is 50.5 Å². The van der Waals surface area contributed by atoms with Crippen molar-refractivity contribution in [3.8, 4) is 5.75 Å². The summed E-state index contributed by atoms with van der Waals surface area (Å²) in [5.74, 6) is 0.946. The number of aromatic nitrogens is 1. The number of nitrogens with zero attached hydrogens (tertiary/aromatic N) is 1. The van der Waals surface area contributed by atoms with Crippen molar-refractivity contribution in [1.29, 1.82) is 0 Å². The van der Waals surface area contributed by atoms with Crippen molar-refractivity contribution in [2.45, 2.75) is 46.8 Å². The molecule has 3 nitrogen and oxygen atoms in total. The molecule has 0 radical (unpaired) electrons. The molecule has 1 heterocycles. The second-order valence-electron chi connectivity index (χ2n) is 5.35. The van der Waals surface area contributed by atoms with Gasteiger partial charge in [-0.3, -0.25) is 0 Å². The van der Waals surface area contributed by atoms with Crippen LogP contribution >= 0.6 is 0 Å². The summed E-state index contributed by atoms with van der Waals surface area (Å²) in [5, 5.41) is 1.28. The molecular weight excluding hydrogens is 236 g/mol. The Morgan fingerprint density at radius 1 is 1.26 bits per heavy atom.